The van der Waals surface area contributed by atoms with Gasteiger partial charge in [-0.05, 0) is 24.3 Å². The summed E-state index contributed by atoms with van der Waals surface area (Å²) in [5, 5.41) is 0. The third-order valence-electron chi connectivity index (χ3n) is 2.42. The molecule has 6 heteroatoms. The summed E-state index contributed by atoms with van der Waals surface area (Å²) in [6.45, 7) is 1.79. The summed E-state index contributed by atoms with van der Waals surface area (Å²) in [6.07, 6.45) is 0. The molecule has 1 saturated heterocycles. The molecule has 0 aliphatic carbocycles. The van der Waals surface area contributed by atoms with Gasteiger partial charge < -0.3 is 4.74 Å². The van der Waals surface area contributed by atoms with Crippen molar-refractivity contribution < 1.29 is 13.2 Å². The van der Waals surface area contributed by atoms with Gasteiger partial charge in [0.2, 0.25) is 10.0 Å². The molecular weight excluding hydrogens is 294 g/mol. The summed E-state index contributed by atoms with van der Waals surface area (Å²) in [5.41, 5.74) is 0. The van der Waals surface area contributed by atoms with Crippen LogP contribution in [0.5, 0.6) is 0 Å². The molecule has 88 valence electrons. The maximum absolute atomic E-state index is 12.2. The Kier molecular flexibility index (Phi) is 3.63. The highest BCUT2D eigenvalue weighted by molar-refractivity contribution is 9.10. The van der Waals surface area contributed by atoms with Crippen molar-refractivity contribution in [2.24, 2.45) is 0 Å². The van der Waals surface area contributed by atoms with Gasteiger partial charge in [0.25, 0.3) is 0 Å². The largest absolute Gasteiger partial charge is 0.379 e. The maximum atomic E-state index is 12.2. The first-order valence-electron chi connectivity index (χ1n) is 4.94. The molecule has 0 radical (unpaired) electrons. The van der Waals surface area contributed by atoms with E-state index in [2.05, 4.69) is 15.9 Å². The summed E-state index contributed by atoms with van der Waals surface area (Å²) < 4.78 is 31.8. The zero-order chi connectivity index (χ0) is 11.6. The van der Waals surface area contributed by atoms with E-state index in [1.54, 1.807) is 24.3 Å². The van der Waals surface area contributed by atoms with E-state index in [1.165, 1.54) is 4.31 Å². The number of ether oxygens (including phenoxy) is 1. The predicted molar refractivity (Wildman–Crippen MR) is 63.7 cm³/mol. The lowest BCUT2D eigenvalue weighted by molar-refractivity contribution is 0.0730. The number of hydrogen-bond donors (Lipinski definition) is 0. The van der Waals surface area contributed by atoms with Crippen LogP contribution in [0.3, 0.4) is 0 Å². The van der Waals surface area contributed by atoms with Crippen molar-refractivity contribution in [3.8, 4) is 0 Å². The van der Waals surface area contributed by atoms with Gasteiger partial charge >= 0.3 is 0 Å². The number of nitrogens with zero attached hydrogens (tertiary/aromatic N) is 1. The summed E-state index contributed by atoms with van der Waals surface area (Å²) >= 11 is 3.28. The van der Waals surface area contributed by atoms with Crippen molar-refractivity contribution in [2.45, 2.75) is 4.90 Å². The first-order valence-corrected chi connectivity index (χ1v) is 7.17. The molecular formula is C10H12BrNO3S. The van der Waals surface area contributed by atoms with Crippen LogP contribution in [0, 0.1) is 0 Å². The van der Waals surface area contributed by atoms with Crippen LogP contribution in [0.25, 0.3) is 0 Å². The first kappa shape index (κ1) is 12.0. The van der Waals surface area contributed by atoms with Crippen LogP contribution < -0.4 is 0 Å². The van der Waals surface area contributed by atoms with Crippen LogP contribution in [0.4, 0.5) is 0 Å². The lowest BCUT2D eigenvalue weighted by atomic mass is 10.4. The van der Waals surface area contributed by atoms with Gasteiger partial charge in [-0.2, -0.15) is 4.31 Å². The van der Waals surface area contributed by atoms with E-state index < -0.39 is 10.0 Å². The molecule has 0 bridgehead atoms. The van der Waals surface area contributed by atoms with Crippen molar-refractivity contribution in [3.63, 3.8) is 0 Å². The van der Waals surface area contributed by atoms with Crippen LogP contribution in [-0.4, -0.2) is 39.0 Å². The fourth-order valence-corrected chi connectivity index (χ4v) is 3.21. The van der Waals surface area contributed by atoms with Crippen molar-refractivity contribution in [1.82, 2.24) is 4.31 Å². The van der Waals surface area contributed by atoms with Gasteiger partial charge in [0.05, 0.1) is 18.1 Å². The maximum Gasteiger partial charge on any atom is 0.243 e. The van der Waals surface area contributed by atoms with Crippen molar-refractivity contribution in [2.75, 3.05) is 26.3 Å². The molecule has 0 saturated carbocycles. The molecule has 16 heavy (non-hydrogen) atoms. The van der Waals surface area contributed by atoms with Gasteiger partial charge in [-0.25, -0.2) is 8.42 Å². The van der Waals surface area contributed by atoms with E-state index in [-0.39, 0.29) is 0 Å². The lowest BCUT2D eigenvalue weighted by Gasteiger charge is -2.25. The summed E-state index contributed by atoms with van der Waals surface area (Å²) in [5.74, 6) is 0. The van der Waals surface area contributed by atoms with Gasteiger partial charge in [0.1, 0.15) is 0 Å². The summed E-state index contributed by atoms with van der Waals surface area (Å²) in [7, 11) is -3.35. The summed E-state index contributed by atoms with van der Waals surface area (Å²) in [4.78, 5) is 0.331. The molecule has 1 aliphatic rings. The monoisotopic (exact) mass is 305 g/mol. The average Bonchev–Trinajstić information content (AvgIpc) is 2.31. The second-order valence-electron chi connectivity index (χ2n) is 3.47. The molecule has 0 spiro atoms. The Labute approximate surface area is 103 Å². The van der Waals surface area contributed by atoms with E-state index in [0.717, 1.165) is 4.47 Å². The molecule has 1 aliphatic heterocycles. The Balaban J connectivity index is 2.27. The standard InChI is InChI=1S/C10H12BrNO3S/c11-9-1-3-10(4-2-9)16(13,14)12-5-7-15-8-6-12/h1-4H,5-8H2. The van der Waals surface area contributed by atoms with Crippen LogP contribution in [-0.2, 0) is 14.8 Å². The zero-order valence-electron chi connectivity index (χ0n) is 8.60. The smallest absolute Gasteiger partial charge is 0.243 e. The topological polar surface area (TPSA) is 46.6 Å². The SMILES string of the molecule is O=S(=O)(c1ccc(Br)cc1)N1CCOCC1. The Hall–Kier alpha value is -0.430. The predicted octanol–water partition coefficient (Wildman–Crippen LogP) is 1.47. The van der Waals surface area contributed by atoms with E-state index in [4.69, 9.17) is 4.74 Å². The first-order chi connectivity index (χ1) is 7.60. The van der Waals surface area contributed by atoms with Crippen molar-refractivity contribution in [3.05, 3.63) is 28.7 Å². The molecule has 0 amide bonds. The number of rotatable bonds is 2. The van der Waals surface area contributed by atoms with Gasteiger partial charge in [0, 0.05) is 17.6 Å². The van der Waals surface area contributed by atoms with Gasteiger partial charge in [0.15, 0.2) is 0 Å². The Morgan fingerprint density at radius 1 is 1.12 bits per heavy atom. The van der Waals surface area contributed by atoms with Crippen LogP contribution in [0.2, 0.25) is 0 Å². The molecule has 0 N–H and O–H groups in total. The zero-order valence-corrected chi connectivity index (χ0v) is 11.0. The van der Waals surface area contributed by atoms with Crippen LogP contribution >= 0.6 is 15.9 Å². The van der Waals surface area contributed by atoms with Gasteiger partial charge in [-0.3, -0.25) is 0 Å². The highest BCUT2D eigenvalue weighted by Gasteiger charge is 2.25. The minimum absolute atomic E-state index is 0.331. The van der Waals surface area contributed by atoms with Crippen molar-refractivity contribution >= 4 is 26.0 Å². The van der Waals surface area contributed by atoms with Gasteiger partial charge in [-0.15, -0.1) is 0 Å². The minimum Gasteiger partial charge on any atom is -0.379 e. The Morgan fingerprint density at radius 2 is 1.69 bits per heavy atom. The number of halogens is 1. The Bertz CT molecular complexity index is 451. The van der Waals surface area contributed by atoms with Crippen LogP contribution in [0.1, 0.15) is 0 Å². The van der Waals surface area contributed by atoms with E-state index in [0.29, 0.717) is 31.2 Å². The molecule has 0 atom stereocenters. The molecule has 0 unspecified atom stereocenters. The molecule has 2 rings (SSSR count). The van der Waals surface area contributed by atoms with Gasteiger partial charge in [-0.1, -0.05) is 15.9 Å². The van der Waals surface area contributed by atoms with E-state index >= 15 is 0 Å². The van der Waals surface area contributed by atoms with Crippen molar-refractivity contribution in [1.29, 1.82) is 0 Å². The second-order valence-corrected chi connectivity index (χ2v) is 6.32. The molecule has 4 nitrogen and oxygen atoms in total. The molecule has 1 aromatic carbocycles. The number of sulfonamides is 1. The van der Waals surface area contributed by atoms with Crippen LogP contribution in [0.15, 0.2) is 33.6 Å². The third-order valence-corrected chi connectivity index (χ3v) is 4.86. The molecule has 1 fully saturated rings. The summed E-state index contributed by atoms with van der Waals surface area (Å²) in [6, 6.07) is 6.67. The third kappa shape index (κ3) is 2.45. The fourth-order valence-electron chi connectivity index (χ4n) is 1.54. The average molecular weight is 306 g/mol. The number of morpholine rings is 1. The van der Waals surface area contributed by atoms with E-state index in [1.807, 2.05) is 0 Å². The molecule has 1 heterocycles. The Morgan fingerprint density at radius 3 is 2.25 bits per heavy atom. The number of hydrogen-bond acceptors (Lipinski definition) is 3. The number of benzene rings is 1. The normalized spacial score (nSPS) is 18.6. The molecule has 0 aromatic heterocycles. The molecule has 1 aromatic rings. The van der Waals surface area contributed by atoms with E-state index in [9.17, 15) is 8.42 Å². The lowest BCUT2D eigenvalue weighted by Crippen LogP contribution is -2.40. The second kappa shape index (κ2) is 4.83. The minimum atomic E-state index is -3.35. The highest BCUT2D eigenvalue weighted by Crippen LogP contribution is 2.19. The fraction of sp³-hybridized carbons (Fsp3) is 0.400. The quantitative estimate of drug-likeness (QED) is 0.831. The highest BCUT2D eigenvalue weighted by atomic mass is 79.9.